The van der Waals surface area contributed by atoms with Gasteiger partial charge in [-0.15, -0.1) is 0 Å². The summed E-state index contributed by atoms with van der Waals surface area (Å²) >= 11 is 0. The number of hydrogen-bond acceptors (Lipinski definition) is 3. The zero-order valence-corrected chi connectivity index (χ0v) is 13.6. The molecule has 1 saturated heterocycles. The van der Waals surface area contributed by atoms with Crippen LogP contribution in [0.4, 0.5) is 0 Å². The molecular formula is C18H30N2O. The van der Waals surface area contributed by atoms with E-state index in [1.54, 1.807) is 7.11 Å². The van der Waals surface area contributed by atoms with Crippen LogP contribution in [0.1, 0.15) is 37.3 Å². The molecule has 2 rings (SSSR count). The minimum absolute atomic E-state index is 0.694. The van der Waals surface area contributed by atoms with Crippen LogP contribution in [0.5, 0.6) is 0 Å². The topological polar surface area (TPSA) is 24.5 Å². The number of nitrogens with zero attached hydrogens (tertiary/aromatic N) is 1. The Kier molecular flexibility index (Phi) is 7.20. The Morgan fingerprint density at radius 1 is 1.19 bits per heavy atom. The highest BCUT2D eigenvalue weighted by molar-refractivity contribution is 5.22. The molecule has 1 atom stereocenters. The maximum Gasteiger partial charge on any atom is 0.0713 e. The molecule has 3 nitrogen and oxygen atoms in total. The SMILES string of the molecule is COCc1cccc(CNCC(C)CN2CCCCC2)c1. The second-order valence-corrected chi connectivity index (χ2v) is 6.35. The van der Waals surface area contributed by atoms with Crippen molar-refractivity contribution in [3.63, 3.8) is 0 Å². The van der Waals surface area contributed by atoms with Crippen molar-refractivity contribution in [1.82, 2.24) is 10.2 Å². The standard InChI is InChI=1S/C18H30N2O/c1-16(14-20-9-4-3-5-10-20)12-19-13-17-7-6-8-18(11-17)15-21-2/h6-8,11,16,19H,3-5,9-10,12-15H2,1-2H3. The summed E-state index contributed by atoms with van der Waals surface area (Å²) in [6.07, 6.45) is 4.18. The van der Waals surface area contributed by atoms with Gasteiger partial charge in [0.05, 0.1) is 6.61 Å². The van der Waals surface area contributed by atoms with Crippen molar-refractivity contribution >= 4 is 0 Å². The molecule has 0 bridgehead atoms. The number of benzene rings is 1. The second-order valence-electron chi connectivity index (χ2n) is 6.35. The van der Waals surface area contributed by atoms with Gasteiger partial charge in [0.1, 0.15) is 0 Å². The molecule has 3 heteroatoms. The molecular weight excluding hydrogens is 260 g/mol. The van der Waals surface area contributed by atoms with Crippen LogP contribution in [0.15, 0.2) is 24.3 Å². The van der Waals surface area contributed by atoms with E-state index in [1.165, 1.54) is 50.0 Å². The smallest absolute Gasteiger partial charge is 0.0713 e. The summed E-state index contributed by atoms with van der Waals surface area (Å²) in [5.74, 6) is 0.713. The van der Waals surface area contributed by atoms with Crippen molar-refractivity contribution in [2.75, 3.05) is 33.3 Å². The molecule has 0 aromatic heterocycles. The molecule has 0 amide bonds. The fourth-order valence-electron chi connectivity index (χ4n) is 3.11. The first-order valence-corrected chi connectivity index (χ1v) is 8.28. The lowest BCUT2D eigenvalue weighted by Gasteiger charge is -2.29. The number of rotatable bonds is 8. The molecule has 118 valence electrons. The number of ether oxygens (including phenoxy) is 1. The average molecular weight is 290 g/mol. The van der Waals surface area contributed by atoms with Crippen molar-refractivity contribution in [3.05, 3.63) is 35.4 Å². The zero-order valence-electron chi connectivity index (χ0n) is 13.6. The lowest BCUT2D eigenvalue weighted by atomic mass is 10.1. The van der Waals surface area contributed by atoms with Gasteiger partial charge in [-0.05, 0) is 49.5 Å². The van der Waals surface area contributed by atoms with Crippen LogP contribution in [0.3, 0.4) is 0 Å². The highest BCUT2D eigenvalue weighted by Gasteiger charge is 2.12. The third-order valence-corrected chi connectivity index (χ3v) is 4.14. The predicted octanol–water partition coefficient (Wildman–Crippen LogP) is 3.04. The Bertz CT molecular complexity index is 402. The summed E-state index contributed by atoms with van der Waals surface area (Å²) in [6, 6.07) is 8.64. The van der Waals surface area contributed by atoms with Gasteiger partial charge in [-0.3, -0.25) is 0 Å². The zero-order chi connectivity index (χ0) is 14.9. The number of hydrogen-bond donors (Lipinski definition) is 1. The molecule has 1 aromatic carbocycles. The first-order valence-electron chi connectivity index (χ1n) is 8.28. The molecule has 1 aliphatic rings. The van der Waals surface area contributed by atoms with E-state index < -0.39 is 0 Å². The minimum atomic E-state index is 0.694. The van der Waals surface area contributed by atoms with Gasteiger partial charge in [-0.2, -0.15) is 0 Å². The van der Waals surface area contributed by atoms with Crippen LogP contribution in [0, 0.1) is 5.92 Å². The number of likely N-dealkylation sites (tertiary alicyclic amines) is 1. The molecule has 0 radical (unpaired) electrons. The van der Waals surface area contributed by atoms with Crippen LogP contribution in [-0.2, 0) is 17.9 Å². The summed E-state index contributed by atoms with van der Waals surface area (Å²) in [7, 11) is 1.74. The monoisotopic (exact) mass is 290 g/mol. The number of piperidine rings is 1. The van der Waals surface area contributed by atoms with E-state index in [1.807, 2.05) is 0 Å². The third kappa shape index (κ3) is 6.16. The molecule has 1 aromatic rings. The normalized spacial score (nSPS) is 17.8. The summed E-state index contributed by atoms with van der Waals surface area (Å²) in [5.41, 5.74) is 2.59. The van der Waals surface area contributed by atoms with Gasteiger partial charge in [0.25, 0.3) is 0 Å². The maximum atomic E-state index is 5.18. The molecule has 0 aliphatic carbocycles. The van der Waals surface area contributed by atoms with Gasteiger partial charge in [0.15, 0.2) is 0 Å². The fourth-order valence-corrected chi connectivity index (χ4v) is 3.11. The van der Waals surface area contributed by atoms with Crippen molar-refractivity contribution in [2.45, 2.75) is 39.3 Å². The van der Waals surface area contributed by atoms with E-state index >= 15 is 0 Å². The molecule has 1 fully saturated rings. The van der Waals surface area contributed by atoms with Gasteiger partial charge in [-0.25, -0.2) is 0 Å². The highest BCUT2D eigenvalue weighted by atomic mass is 16.5. The summed E-state index contributed by atoms with van der Waals surface area (Å²) in [5, 5.41) is 3.59. The number of methoxy groups -OCH3 is 1. The van der Waals surface area contributed by atoms with Crippen molar-refractivity contribution < 1.29 is 4.74 Å². The van der Waals surface area contributed by atoms with Gasteiger partial charge in [0, 0.05) is 20.2 Å². The quantitative estimate of drug-likeness (QED) is 0.796. The van der Waals surface area contributed by atoms with Crippen LogP contribution in [0.25, 0.3) is 0 Å². The van der Waals surface area contributed by atoms with Crippen molar-refractivity contribution in [2.24, 2.45) is 5.92 Å². The van der Waals surface area contributed by atoms with Gasteiger partial charge >= 0.3 is 0 Å². The highest BCUT2D eigenvalue weighted by Crippen LogP contribution is 2.11. The second kappa shape index (κ2) is 9.19. The molecule has 1 aliphatic heterocycles. The Labute approximate surface area is 129 Å². The third-order valence-electron chi connectivity index (χ3n) is 4.14. The van der Waals surface area contributed by atoms with Gasteiger partial charge in [-0.1, -0.05) is 37.6 Å². The minimum Gasteiger partial charge on any atom is -0.380 e. The van der Waals surface area contributed by atoms with Crippen LogP contribution in [-0.4, -0.2) is 38.2 Å². The lowest BCUT2D eigenvalue weighted by Crippen LogP contribution is -2.36. The summed E-state index contributed by atoms with van der Waals surface area (Å²) < 4.78 is 5.18. The fraction of sp³-hybridized carbons (Fsp3) is 0.667. The molecule has 1 heterocycles. The molecule has 1 N–H and O–H groups in total. The molecule has 21 heavy (non-hydrogen) atoms. The summed E-state index contributed by atoms with van der Waals surface area (Å²) in [6.45, 7) is 8.90. The first-order chi connectivity index (χ1) is 10.3. The van der Waals surface area contributed by atoms with Crippen molar-refractivity contribution in [3.8, 4) is 0 Å². The predicted molar refractivity (Wildman–Crippen MR) is 88.3 cm³/mol. The lowest BCUT2D eigenvalue weighted by molar-refractivity contribution is 0.185. The average Bonchev–Trinajstić information content (AvgIpc) is 2.49. The Morgan fingerprint density at radius 2 is 1.95 bits per heavy atom. The molecule has 0 spiro atoms. The van der Waals surface area contributed by atoms with Gasteiger partial charge < -0.3 is 15.0 Å². The van der Waals surface area contributed by atoms with Crippen LogP contribution >= 0.6 is 0 Å². The van der Waals surface area contributed by atoms with Crippen LogP contribution in [0.2, 0.25) is 0 Å². The van der Waals surface area contributed by atoms with Crippen LogP contribution < -0.4 is 5.32 Å². The van der Waals surface area contributed by atoms with Gasteiger partial charge in [0.2, 0.25) is 0 Å². The largest absolute Gasteiger partial charge is 0.380 e. The van der Waals surface area contributed by atoms with E-state index in [9.17, 15) is 0 Å². The Morgan fingerprint density at radius 3 is 2.71 bits per heavy atom. The van der Waals surface area contributed by atoms with Crippen molar-refractivity contribution in [1.29, 1.82) is 0 Å². The van der Waals surface area contributed by atoms with E-state index in [4.69, 9.17) is 4.74 Å². The molecule has 0 saturated carbocycles. The first kappa shape index (κ1) is 16.5. The van der Waals surface area contributed by atoms with E-state index in [0.29, 0.717) is 12.5 Å². The Hall–Kier alpha value is -0.900. The molecule has 1 unspecified atom stereocenters. The van der Waals surface area contributed by atoms with E-state index in [0.717, 1.165) is 13.1 Å². The Balaban J connectivity index is 1.67. The maximum absolute atomic E-state index is 5.18. The van der Waals surface area contributed by atoms with E-state index in [2.05, 4.69) is 41.4 Å². The van der Waals surface area contributed by atoms with E-state index in [-0.39, 0.29) is 0 Å². The number of nitrogens with one attached hydrogen (secondary N) is 1. The summed E-state index contributed by atoms with van der Waals surface area (Å²) in [4.78, 5) is 2.62.